The van der Waals surface area contributed by atoms with Crippen LogP contribution >= 0.6 is 15.9 Å². The first-order valence-electron chi connectivity index (χ1n) is 5.91. The fourth-order valence-electron chi connectivity index (χ4n) is 1.79. The number of hydrogen-bond donors (Lipinski definition) is 1. The minimum Gasteiger partial charge on any atom is -0.496 e. The zero-order chi connectivity index (χ0) is 15.4. The van der Waals surface area contributed by atoms with Crippen LogP contribution in [0.4, 0.5) is 11.4 Å². The largest absolute Gasteiger partial charge is 0.496 e. The maximum absolute atomic E-state index is 12.3. The van der Waals surface area contributed by atoms with Crippen molar-refractivity contribution in [3.63, 3.8) is 0 Å². The van der Waals surface area contributed by atoms with Gasteiger partial charge in [-0.1, -0.05) is 28.1 Å². The second-order valence-corrected chi connectivity index (χ2v) is 4.99. The maximum atomic E-state index is 12.3. The van der Waals surface area contributed by atoms with Crippen molar-refractivity contribution >= 4 is 33.2 Å². The molecule has 0 aliphatic heterocycles. The molecule has 0 heterocycles. The van der Waals surface area contributed by atoms with E-state index in [1.165, 1.54) is 25.3 Å². The third-order valence-corrected chi connectivity index (χ3v) is 3.25. The van der Waals surface area contributed by atoms with Crippen LogP contribution in [0.5, 0.6) is 5.75 Å². The molecule has 7 heteroatoms. The Morgan fingerprint density at radius 2 is 2.00 bits per heavy atom. The highest BCUT2D eigenvalue weighted by Crippen LogP contribution is 2.27. The number of nitro groups is 1. The molecule has 6 nitrogen and oxygen atoms in total. The van der Waals surface area contributed by atoms with E-state index in [1.54, 1.807) is 24.3 Å². The van der Waals surface area contributed by atoms with Crippen LogP contribution in [-0.2, 0) is 0 Å². The quantitative estimate of drug-likeness (QED) is 0.674. The number of anilines is 1. The molecule has 0 aliphatic carbocycles. The third kappa shape index (κ3) is 3.38. The van der Waals surface area contributed by atoms with Gasteiger partial charge >= 0.3 is 0 Å². The van der Waals surface area contributed by atoms with Crippen LogP contribution in [0.2, 0.25) is 0 Å². The van der Waals surface area contributed by atoms with E-state index in [0.717, 1.165) is 0 Å². The lowest BCUT2D eigenvalue weighted by molar-refractivity contribution is -0.383. The van der Waals surface area contributed by atoms with E-state index < -0.39 is 10.8 Å². The second-order valence-electron chi connectivity index (χ2n) is 4.07. The lowest BCUT2D eigenvalue weighted by Gasteiger charge is -2.10. The van der Waals surface area contributed by atoms with Gasteiger partial charge in [0.05, 0.1) is 17.6 Å². The van der Waals surface area contributed by atoms with Crippen LogP contribution in [-0.4, -0.2) is 17.9 Å². The summed E-state index contributed by atoms with van der Waals surface area (Å²) in [7, 11) is 1.45. The first kappa shape index (κ1) is 15.0. The van der Waals surface area contributed by atoms with Crippen molar-refractivity contribution in [2.45, 2.75) is 0 Å². The molecule has 0 radical (unpaired) electrons. The molecule has 1 amide bonds. The van der Waals surface area contributed by atoms with Crippen LogP contribution < -0.4 is 10.1 Å². The Bertz CT molecular complexity index is 703. The summed E-state index contributed by atoms with van der Waals surface area (Å²) in [6.07, 6.45) is 0. The normalized spacial score (nSPS) is 10.0. The molecule has 2 rings (SSSR count). The summed E-state index contributed by atoms with van der Waals surface area (Å²) in [4.78, 5) is 22.7. The third-order valence-electron chi connectivity index (χ3n) is 2.76. The second kappa shape index (κ2) is 6.36. The molecule has 2 aromatic rings. The van der Waals surface area contributed by atoms with Crippen molar-refractivity contribution in [3.05, 3.63) is 62.6 Å². The Labute approximate surface area is 129 Å². The summed E-state index contributed by atoms with van der Waals surface area (Å²) in [5.74, 6) is -0.100. The zero-order valence-electron chi connectivity index (χ0n) is 11.0. The Morgan fingerprint density at radius 3 is 2.67 bits per heavy atom. The summed E-state index contributed by atoms with van der Waals surface area (Å²) in [6.45, 7) is 0. The lowest BCUT2D eigenvalue weighted by atomic mass is 10.1. The predicted molar refractivity (Wildman–Crippen MR) is 81.7 cm³/mol. The molecule has 0 aliphatic rings. The molecule has 0 fully saturated rings. The number of carbonyl (C=O) groups is 1. The number of rotatable bonds is 4. The molecule has 0 aromatic heterocycles. The maximum Gasteiger partial charge on any atom is 0.292 e. The lowest BCUT2D eigenvalue weighted by Crippen LogP contribution is -2.14. The number of methoxy groups -OCH3 is 1. The van der Waals surface area contributed by atoms with E-state index in [0.29, 0.717) is 10.2 Å². The van der Waals surface area contributed by atoms with Gasteiger partial charge in [0.2, 0.25) is 0 Å². The molecule has 21 heavy (non-hydrogen) atoms. The number of hydrogen-bond acceptors (Lipinski definition) is 4. The molecule has 0 saturated carbocycles. The van der Waals surface area contributed by atoms with Crippen molar-refractivity contribution in [3.8, 4) is 5.75 Å². The Hall–Kier alpha value is -2.41. The fraction of sp³-hybridized carbons (Fsp3) is 0.0714. The van der Waals surface area contributed by atoms with E-state index in [-0.39, 0.29) is 16.9 Å². The van der Waals surface area contributed by atoms with Gasteiger partial charge in [0.1, 0.15) is 11.4 Å². The van der Waals surface area contributed by atoms with E-state index in [9.17, 15) is 14.9 Å². The average molecular weight is 351 g/mol. The van der Waals surface area contributed by atoms with Crippen molar-refractivity contribution in [2.75, 3.05) is 12.4 Å². The Morgan fingerprint density at radius 1 is 1.29 bits per heavy atom. The van der Waals surface area contributed by atoms with Crippen molar-refractivity contribution in [2.24, 2.45) is 0 Å². The van der Waals surface area contributed by atoms with Crippen molar-refractivity contribution < 1.29 is 14.5 Å². The van der Waals surface area contributed by atoms with E-state index in [1.807, 2.05) is 0 Å². The number of ether oxygens (including phenoxy) is 1. The number of nitrogens with zero attached hydrogens (tertiary/aromatic N) is 1. The van der Waals surface area contributed by atoms with Crippen LogP contribution in [0, 0.1) is 10.1 Å². The van der Waals surface area contributed by atoms with Crippen LogP contribution in [0.25, 0.3) is 0 Å². The number of para-hydroxylation sites is 2. The minimum absolute atomic E-state index is 0.134. The summed E-state index contributed by atoms with van der Waals surface area (Å²) in [5, 5.41) is 13.5. The summed E-state index contributed by atoms with van der Waals surface area (Å²) < 4.78 is 5.83. The molecule has 0 bridgehead atoms. The summed E-state index contributed by atoms with van der Waals surface area (Å²) >= 11 is 3.27. The monoisotopic (exact) mass is 350 g/mol. The molecule has 1 N–H and O–H groups in total. The van der Waals surface area contributed by atoms with Gasteiger partial charge in [-0.05, 0) is 24.3 Å². The van der Waals surface area contributed by atoms with E-state index in [4.69, 9.17) is 4.74 Å². The molecular weight excluding hydrogens is 340 g/mol. The smallest absolute Gasteiger partial charge is 0.292 e. The Kier molecular flexibility index (Phi) is 4.54. The van der Waals surface area contributed by atoms with Gasteiger partial charge in [-0.25, -0.2) is 0 Å². The molecule has 108 valence electrons. The van der Waals surface area contributed by atoms with E-state index in [2.05, 4.69) is 21.2 Å². The fourth-order valence-corrected chi connectivity index (χ4v) is 2.15. The van der Waals surface area contributed by atoms with Crippen molar-refractivity contribution in [1.82, 2.24) is 0 Å². The van der Waals surface area contributed by atoms with Gasteiger partial charge in [-0.15, -0.1) is 0 Å². The van der Waals surface area contributed by atoms with Gasteiger partial charge in [0.25, 0.3) is 11.6 Å². The van der Waals surface area contributed by atoms with Gasteiger partial charge in [-0.3, -0.25) is 14.9 Å². The van der Waals surface area contributed by atoms with Gasteiger partial charge in [-0.2, -0.15) is 0 Å². The highest BCUT2D eigenvalue weighted by Gasteiger charge is 2.18. The number of nitro benzene ring substituents is 1. The highest BCUT2D eigenvalue weighted by molar-refractivity contribution is 9.10. The highest BCUT2D eigenvalue weighted by atomic mass is 79.9. The van der Waals surface area contributed by atoms with Gasteiger partial charge < -0.3 is 10.1 Å². The number of benzene rings is 2. The van der Waals surface area contributed by atoms with E-state index >= 15 is 0 Å². The number of carbonyl (C=O) groups excluding carboxylic acids is 1. The molecule has 0 unspecified atom stereocenters. The zero-order valence-corrected chi connectivity index (χ0v) is 12.6. The first-order valence-corrected chi connectivity index (χ1v) is 6.70. The molecular formula is C14H11BrN2O4. The SMILES string of the molecule is COc1ccc(Br)cc1C(=O)Nc1ccccc1[N+](=O)[O-]. The first-order chi connectivity index (χ1) is 10.0. The summed E-state index contributed by atoms with van der Waals surface area (Å²) in [6, 6.07) is 10.9. The summed E-state index contributed by atoms with van der Waals surface area (Å²) in [5.41, 5.74) is 0.249. The van der Waals surface area contributed by atoms with Gasteiger partial charge in [0, 0.05) is 10.5 Å². The van der Waals surface area contributed by atoms with Gasteiger partial charge in [0.15, 0.2) is 0 Å². The molecule has 0 atom stereocenters. The number of amides is 1. The topological polar surface area (TPSA) is 81.5 Å². The van der Waals surface area contributed by atoms with Crippen molar-refractivity contribution in [1.29, 1.82) is 0 Å². The molecule has 2 aromatic carbocycles. The van der Waals surface area contributed by atoms with Crippen LogP contribution in [0.15, 0.2) is 46.9 Å². The molecule has 0 spiro atoms. The average Bonchev–Trinajstić information content (AvgIpc) is 2.47. The predicted octanol–water partition coefficient (Wildman–Crippen LogP) is 3.62. The number of nitrogens with one attached hydrogen (secondary N) is 1. The van der Waals surface area contributed by atoms with Crippen LogP contribution in [0.1, 0.15) is 10.4 Å². The molecule has 0 saturated heterocycles. The number of halogens is 1. The van der Waals surface area contributed by atoms with Crippen LogP contribution in [0.3, 0.4) is 0 Å². The Balaban J connectivity index is 2.35. The minimum atomic E-state index is -0.548. The standard InChI is InChI=1S/C14H11BrN2O4/c1-21-13-7-6-9(15)8-10(13)14(18)16-11-4-2-3-5-12(11)17(19)20/h2-8H,1H3,(H,16,18).